The van der Waals surface area contributed by atoms with Crippen LogP contribution in [0.5, 0.6) is 0 Å². The molecule has 0 bridgehead atoms. The van der Waals surface area contributed by atoms with E-state index in [-0.39, 0.29) is 5.69 Å². The van der Waals surface area contributed by atoms with Gasteiger partial charge in [-0.1, -0.05) is 11.6 Å². The zero-order chi connectivity index (χ0) is 14.2. The summed E-state index contributed by atoms with van der Waals surface area (Å²) in [5.74, 6) is 1.22. The summed E-state index contributed by atoms with van der Waals surface area (Å²) in [5.41, 5.74) is 0.245. The maximum atomic E-state index is 8.83. The Kier molecular flexibility index (Phi) is 6.06. The molecule has 0 amide bonds. The van der Waals surface area contributed by atoms with Crippen molar-refractivity contribution in [1.29, 1.82) is 5.26 Å². The highest BCUT2D eigenvalue weighted by atomic mass is 35.5. The van der Waals surface area contributed by atoms with Crippen LogP contribution in [-0.2, 0) is 9.47 Å². The van der Waals surface area contributed by atoms with Crippen LogP contribution in [0.15, 0.2) is 12.1 Å². The van der Waals surface area contributed by atoms with Gasteiger partial charge in [-0.15, -0.1) is 0 Å². The third kappa shape index (κ3) is 4.64. The Hall–Kier alpha value is -1.35. The van der Waals surface area contributed by atoms with Crippen molar-refractivity contribution in [2.75, 3.05) is 38.3 Å². The maximum Gasteiger partial charge on any atom is 0.161 e. The van der Waals surface area contributed by atoms with Gasteiger partial charge in [-0.2, -0.15) is 5.26 Å². The van der Waals surface area contributed by atoms with Gasteiger partial charge < -0.3 is 14.8 Å². The molecule has 108 valence electrons. The van der Waals surface area contributed by atoms with Gasteiger partial charge in [0.25, 0.3) is 0 Å². The molecule has 0 aliphatic carbocycles. The Bertz CT molecular complexity index is 470. The van der Waals surface area contributed by atoms with Crippen LogP contribution in [0.2, 0.25) is 5.02 Å². The van der Waals surface area contributed by atoms with E-state index < -0.39 is 0 Å². The number of rotatable bonds is 7. The molecule has 0 saturated carbocycles. The van der Waals surface area contributed by atoms with E-state index >= 15 is 0 Å². The van der Waals surface area contributed by atoms with Gasteiger partial charge in [0.2, 0.25) is 0 Å². The van der Waals surface area contributed by atoms with Gasteiger partial charge in [-0.05, 0) is 25.0 Å². The number of anilines is 1. The predicted molar refractivity (Wildman–Crippen MR) is 76.8 cm³/mol. The lowest BCUT2D eigenvalue weighted by Crippen LogP contribution is -2.12. The van der Waals surface area contributed by atoms with E-state index in [1.807, 2.05) is 6.07 Å². The molecule has 1 fully saturated rings. The van der Waals surface area contributed by atoms with Gasteiger partial charge in [0, 0.05) is 25.7 Å². The van der Waals surface area contributed by atoms with Crippen molar-refractivity contribution in [1.82, 2.24) is 4.98 Å². The summed E-state index contributed by atoms with van der Waals surface area (Å²) < 4.78 is 10.9. The number of nitriles is 1. The van der Waals surface area contributed by atoms with Crippen molar-refractivity contribution in [2.45, 2.75) is 12.8 Å². The first kappa shape index (κ1) is 15.0. The number of halogens is 1. The van der Waals surface area contributed by atoms with Crippen molar-refractivity contribution in [3.8, 4) is 6.07 Å². The Morgan fingerprint density at radius 1 is 1.55 bits per heavy atom. The van der Waals surface area contributed by atoms with Crippen LogP contribution in [0.3, 0.4) is 0 Å². The second-order valence-corrected chi connectivity index (χ2v) is 5.13. The second-order valence-electron chi connectivity index (χ2n) is 4.72. The first-order valence-electron chi connectivity index (χ1n) is 6.75. The standard InChI is InChI=1S/C14H18ClN3O2/c15-12-2-3-14(18-13(12)8-16)17-5-1-6-19-9-11-4-7-20-10-11/h2-3,11H,1,4-7,9-10H2,(H,17,18). The summed E-state index contributed by atoms with van der Waals surface area (Å²) in [4.78, 5) is 4.11. The Morgan fingerprint density at radius 2 is 2.45 bits per heavy atom. The lowest BCUT2D eigenvalue weighted by Gasteiger charge is -2.09. The summed E-state index contributed by atoms with van der Waals surface area (Å²) in [6, 6.07) is 5.39. The molecule has 2 heterocycles. The molecule has 1 N–H and O–H groups in total. The topological polar surface area (TPSA) is 67.2 Å². The highest BCUT2D eigenvalue weighted by Gasteiger charge is 2.15. The van der Waals surface area contributed by atoms with Crippen LogP contribution < -0.4 is 5.32 Å². The largest absolute Gasteiger partial charge is 0.381 e. The molecule has 5 nitrogen and oxygen atoms in total. The Labute approximate surface area is 123 Å². The molecule has 6 heteroatoms. The van der Waals surface area contributed by atoms with Crippen molar-refractivity contribution in [3.63, 3.8) is 0 Å². The summed E-state index contributed by atoms with van der Waals surface area (Å²) >= 11 is 5.82. The summed E-state index contributed by atoms with van der Waals surface area (Å²) in [6.07, 6.45) is 1.99. The van der Waals surface area contributed by atoms with Gasteiger partial charge >= 0.3 is 0 Å². The van der Waals surface area contributed by atoms with E-state index in [0.29, 0.717) is 23.4 Å². The number of nitrogens with one attached hydrogen (secondary N) is 1. The van der Waals surface area contributed by atoms with Crippen LogP contribution in [0, 0.1) is 17.2 Å². The number of hydrogen-bond donors (Lipinski definition) is 1. The van der Waals surface area contributed by atoms with Gasteiger partial charge in [0.05, 0.1) is 18.2 Å². The summed E-state index contributed by atoms with van der Waals surface area (Å²) in [6.45, 7) is 3.92. The minimum absolute atomic E-state index is 0.245. The van der Waals surface area contributed by atoms with Crippen molar-refractivity contribution in [2.24, 2.45) is 5.92 Å². The zero-order valence-electron chi connectivity index (χ0n) is 11.3. The molecule has 1 aliphatic rings. The number of hydrogen-bond acceptors (Lipinski definition) is 5. The predicted octanol–water partition coefficient (Wildman–Crippen LogP) is 2.46. The first-order chi connectivity index (χ1) is 9.79. The molecule has 20 heavy (non-hydrogen) atoms. The number of aromatic nitrogens is 1. The smallest absolute Gasteiger partial charge is 0.161 e. The second kappa shape index (κ2) is 8.05. The third-order valence-corrected chi connectivity index (χ3v) is 3.41. The van der Waals surface area contributed by atoms with Gasteiger partial charge in [-0.3, -0.25) is 0 Å². The Balaban J connectivity index is 1.60. The van der Waals surface area contributed by atoms with Crippen LogP contribution in [0.1, 0.15) is 18.5 Å². The average Bonchev–Trinajstić information content (AvgIpc) is 2.97. The van der Waals surface area contributed by atoms with Crippen molar-refractivity contribution >= 4 is 17.4 Å². The van der Waals surface area contributed by atoms with E-state index in [0.717, 1.165) is 39.2 Å². The fourth-order valence-electron chi connectivity index (χ4n) is 1.97. The zero-order valence-corrected chi connectivity index (χ0v) is 12.0. The third-order valence-electron chi connectivity index (χ3n) is 3.10. The van der Waals surface area contributed by atoms with E-state index in [4.69, 9.17) is 26.3 Å². The molecule has 1 aromatic rings. The quantitative estimate of drug-likeness (QED) is 0.783. The molecule has 1 unspecified atom stereocenters. The number of pyridine rings is 1. The monoisotopic (exact) mass is 295 g/mol. The molecule has 0 aromatic carbocycles. The number of ether oxygens (including phenoxy) is 2. The fourth-order valence-corrected chi connectivity index (χ4v) is 2.12. The minimum Gasteiger partial charge on any atom is -0.381 e. The number of nitrogens with zero attached hydrogens (tertiary/aromatic N) is 2. The highest BCUT2D eigenvalue weighted by Crippen LogP contribution is 2.15. The van der Waals surface area contributed by atoms with E-state index in [2.05, 4.69) is 10.3 Å². The van der Waals surface area contributed by atoms with Crippen molar-refractivity contribution in [3.05, 3.63) is 22.8 Å². The molecule has 1 atom stereocenters. The lowest BCUT2D eigenvalue weighted by atomic mass is 10.1. The first-order valence-corrected chi connectivity index (χ1v) is 7.13. The van der Waals surface area contributed by atoms with Crippen LogP contribution in [0.25, 0.3) is 0 Å². The molecular formula is C14H18ClN3O2. The van der Waals surface area contributed by atoms with Crippen LogP contribution in [0.4, 0.5) is 5.82 Å². The highest BCUT2D eigenvalue weighted by molar-refractivity contribution is 6.31. The molecule has 2 rings (SSSR count). The van der Waals surface area contributed by atoms with E-state index in [1.165, 1.54) is 0 Å². The maximum absolute atomic E-state index is 8.83. The van der Waals surface area contributed by atoms with Crippen LogP contribution >= 0.6 is 11.6 Å². The van der Waals surface area contributed by atoms with Crippen molar-refractivity contribution < 1.29 is 9.47 Å². The van der Waals surface area contributed by atoms with Crippen LogP contribution in [-0.4, -0.2) is 38.0 Å². The molecule has 0 spiro atoms. The molecule has 0 radical (unpaired) electrons. The normalized spacial score (nSPS) is 17.9. The fraction of sp³-hybridized carbons (Fsp3) is 0.571. The van der Waals surface area contributed by atoms with Gasteiger partial charge in [0.15, 0.2) is 5.69 Å². The SMILES string of the molecule is N#Cc1nc(NCCCOCC2CCOC2)ccc1Cl. The minimum atomic E-state index is 0.245. The Morgan fingerprint density at radius 3 is 3.20 bits per heavy atom. The van der Waals surface area contributed by atoms with Gasteiger partial charge in [0.1, 0.15) is 11.9 Å². The summed E-state index contributed by atoms with van der Waals surface area (Å²) in [7, 11) is 0. The molecule has 1 aromatic heterocycles. The molecular weight excluding hydrogens is 278 g/mol. The van der Waals surface area contributed by atoms with Gasteiger partial charge in [-0.25, -0.2) is 4.98 Å². The van der Waals surface area contributed by atoms with E-state index in [9.17, 15) is 0 Å². The molecule has 1 saturated heterocycles. The lowest BCUT2D eigenvalue weighted by molar-refractivity contribution is 0.0897. The molecule has 1 aliphatic heterocycles. The average molecular weight is 296 g/mol. The van der Waals surface area contributed by atoms with E-state index in [1.54, 1.807) is 12.1 Å². The summed E-state index contributed by atoms with van der Waals surface area (Å²) in [5, 5.41) is 12.4.